The Hall–Kier alpha value is -1.14. The Kier molecular flexibility index (Phi) is 6.07. The van der Waals surface area contributed by atoms with Crippen molar-refractivity contribution in [2.75, 3.05) is 13.2 Å². The number of nitrogens with zero attached hydrogens (tertiary/aromatic N) is 3. The molecule has 0 fully saturated rings. The second-order valence-corrected chi connectivity index (χ2v) is 4.26. The third-order valence-electron chi connectivity index (χ3n) is 1.77. The van der Waals surface area contributed by atoms with Gasteiger partial charge in [0.05, 0.1) is 12.7 Å². The highest BCUT2D eigenvalue weighted by molar-refractivity contribution is 6.28. The zero-order valence-corrected chi connectivity index (χ0v) is 11.8. The Balaban J connectivity index is 2.67. The molecule has 1 aromatic heterocycles. The van der Waals surface area contributed by atoms with Crippen molar-refractivity contribution in [3.05, 3.63) is 5.28 Å². The molecule has 0 aliphatic heterocycles. The third-order valence-corrected chi connectivity index (χ3v) is 1.94. The maximum Gasteiger partial charge on any atom is 0.324 e. The molecule has 1 unspecified atom stereocenters. The number of hydrogen-bond donors (Lipinski definition) is 0. The van der Waals surface area contributed by atoms with Crippen LogP contribution in [0.4, 0.5) is 0 Å². The molecule has 7 heteroatoms. The van der Waals surface area contributed by atoms with E-state index in [4.69, 9.17) is 25.8 Å². The number of ether oxygens (including phenoxy) is 3. The summed E-state index contributed by atoms with van der Waals surface area (Å²) in [5.41, 5.74) is 0. The van der Waals surface area contributed by atoms with Gasteiger partial charge in [-0.05, 0) is 39.3 Å². The van der Waals surface area contributed by atoms with Gasteiger partial charge < -0.3 is 14.2 Å². The lowest BCUT2D eigenvalue weighted by molar-refractivity contribution is 0.0597. The van der Waals surface area contributed by atoms with Crippen LogP contribution in [-0.2, 0) is 4.74 Å². The standard InChI is InChI=1S/C11H18ClN3O3/c1-5-16-6-8(4)18-11-14-9(12)13-10(15-11)17-7(2)3/h7-8H,5-6H2,1-4H3. The summed E-state index contributed by atoms with van der Waals surface area (Å²) in [4.78, 5) is 11.7. The fraction of sp³-hybridized carbons (Fsp3) is 0.727. The number of rotatable bonds is 7. The molecular formula is C11H18ClN3O3. The molecule has 0 spiro atoms. The van der Waals surface area contributed by atoms with E-state index in [0.29, 0.717) is 13.2 Å². The van der Waals surface area contributed by atoms with Gasteiger partial charge in [0.1, 0.15) is 6.10 Å². The number of hydrogen-bond acceptors (Lipinski definition) is 6. The third kappa shape index (κ3) is 5.46. The highest BCUT2D eigenvalue weighted by Crippen LogP contribution is 2.15. The van der Waals surface area contributed by atoms with Crippen molar-refractivity contribution in [2.45, 2.75) is 39.9 Å². The molecule has 18 heavy (non-hydrogen) atoms. The number of aromatic nitrogens is 3. The van der Waals surface area contributed by atoms with E-state index in [-0.39, 0.29) is 29.5 Å². The van der Waals surface area contributed by atoms with E-state index in [1.54, 1.807) is 0 Å². The summed E-state index contributed by atoms with van der Waals surface area (Å²) in [5, 5.41) is 0.0410. The van der Waals surface area contributed by atoms with Crippen molar-refractivity contribution in [2.24, 2.45) is 0 Å². The Bertz CT molecular complexity index is 377. The lowest BCUT2D eigenvalue weighted by Crippen LogP contribution is -2.21. The van der Waals surface area contributed by atoms with Gasteiger partial charge in [-0.15, -0.1) is 4.98 Å². The van der Waals surface area contributed by atoms with Crippen molar-refractivity contribution in [3.8, 4) is 12.0 Å². The van der Waals surface area contributed by atoms with Crippen LogP contribution >= 0.6 is 11.6 Å². The van der Waals surface area contributed by atoms with Gasteiger partial charge in [0.2, 0.25) is 5.28 Å². The van der Waals surface area contributed by atoms with E-state index in [0.717, 1.165) is 0 Å². The normalized spacial score (nSPS) is 12.6. The van der Waals surface area contributed by atoms with Crippen LogP contribution in [0.2, 0.25) is 5.28 Å². The van der Waals surface area contributed by atoms with Crippen LogP contribution in [0.3, 0.4) is 0 Å². The molecule has 0 saturated carbocycles. The van der Waals surface area contributed by atoms with Crippen molar-refractivity contribution < 1.29 is 14.2 Å². The van der Waals surface area contributed by atoms with E-state index in [1.165, 1.54) is 0 Å². The van der Waals surface area contributed by atoms with Crippen LogP contribution in [-0.4, -0.2) is 40.4 Å². The van der Waals surface area contributed by atoms with Gasteiger partial charge in [0.15, 0.2) is 0 Å². The fourth-order valence-corrected chi connectivity index (χ4v) is 1.27. The maximum absolute atomic E-state index is 5.77. The van der Waals surface area contributed by atoms with Crippen LogP contribution in [0.5, 0.6) is 12.0 Å². The van der Waals surface area contributed by atoms with Crippen LogP contribution in [0, 0.1) is 0 Å². The molecule has 6 nitrogen and oxygen atoms in total. The van der Waals surface area contributed by atoms with Gasteiger partial charge >= 0.3 is 12.0 Å². The van der Waals surface area contributed by atoms with Gasteiger partial charge in [0.25, 0.3) is 0 Å². The monoisotopic (exact) mass is 275 g/mol. The van der Waals surface area contributed by atoms with Gasteiger partial charge in [-0.25, -0.2) is 0 Å². The van der Waals surface area contributed by atoms with E-state index >= 15 is 0 Å². The highest BCUT2D eigenvalue weighted by atomic mass is 35.5. The maximum atomic E-state index is 5.77. The highest BCUT2D eigenvalue weighted by Gasteiger charge is 2.11. The van der Waals surface area contributed by atoms with Crippen molar-refractivity contribution >= 4 is 11.6 Å². The Morgan fingerprint density at radius 1 is 1.06 bits per heavy atom. The summed E-state index contributed by atoms with van der Waals surface area (Å²) in [6.07, 6.45) is -0.215. The summed E-state index contributed by atoms with van der Waals surface area (Å²) in [5.74, 6) is 0. The lowest BCUT2D eigenvalue weighted by atomic mass is 10.4. The van der Waals surface area contributed by atoms with E-state index in [1.807, 2.05) is 27.7 Å². The Morgan fingerprint density at radius 2 is 1.67 bits per heavy atom. The average Bonchev–Trinajstić information content (AvgIpc) is 2.24. The molecule has 0 bridgehead atoms. The predicted octanol–water partition coefficient (Wildman–Crippen LogP) is 2.12. The van der Waals surface area contributed by atoms with Crippen LogP contribution in [0.25, 0.3) is 0 Å². The van der Waals surface area contributed by atoms with E-state index < -0.39 is 0 Å². The van der Waals surface area contributed by atoms with E-state index in [9.17, 15) is 0 Å². The van der Waals surface area contributed by atoms with Gasteiger partial charge in [0, 0.05) is 6.61 Å². The van der Waals surface area contributed by atoms with Gasteiger partial charge in [-0.2, -0.15) is 9.97 Å². The summed E-state index contributed by atoms with van der Waals surface area (Å²) in [6.45, 7) is 8.61. The molecular weight excluding hydrogens is 258 g/mol. The fourth-order valence-electron chi connectivity index (χ4n) is 1.13. The molecule has 0 radical (unpaired) electrons. The predicted molar refractivity (Wildman–Crippen MR) is 67.2 cm³/mol. The average molecular weight is 276 g/mol. The second-order valence-electron chi connectivity index (χ2n) is 3.92. The van der Waals surface area contributed by atoms with Crippen molar-refractivity contribution in [1.82, 2.24) is 15.0 Å². The largest absolute Gasteiger partial charge is 0.461 e. The lowest BCUT2D eigenvalue weighted by Gasteiger charge is -2.13. The summed E-state index contributed by atoms with van der Waals surface area (Å²) in [7, 11) is 0. The Morgan fingerprint density at radius 3 is 2.22 bits per heavy atom. The van der Waals surface area contributed by atoms with Crippen molar-refractivity contribution in [1.29, 1.82) is 0 Å². The Labute approximate surface area is 112 Å². The minimum atomic E-state index is -0.171. The van der Waals surface area contributed by atoms with Crippen molar-refractivity contribution in [3.63, 3.8) is 0 Å². The first-order valence-electron chi connectivity index (χ1n) is 5.84. The molecule has 0 N–H and O–H groups in total. The first kappa shape index (κ1) is 14.9. The van der Waals surface area contributed by atoms with Gasteiger partial charge in [-0.1, -0.05) is 0 Å². The van der Waals surface area contributed by atoms with Gasteiger partial charge in [-0.3, -0.25) is 0 Å². The molecule has 1 heterocycles. The number of halogens is 1. The molecule has 0 aliphatic rings. The molecule has 1 rings (SSSR count). The molecule has 102 valence electrons. The minimum Gasteiger partial charge on any atom is -0.461 e. The SMILES string of the molecule is CCOCC(C)Oc1nc(Cl)nc(OC(C)C)n1. The molecule has 0 aromatic carbocycles. The molecule has 0 saturated heterocycles. The van der Waals surface area contributed by atoms with E-state index in [2.05, 4.69) is 15.0 Å². The molecule has 1 atom stereocenters. The molecule has 1 aromatic rings. The second kappa shape index (κ2) is 7.33. The first-order valence-corrected chi connectivity index (χ1v) is 6.21. The first-order chi connectivity index (χ1) is 8.51. The smallest absolute Gasteiger partial charge is 0.324 e. The topological polar surface area (TPSA) is 66.4 Å². The van der Waals surface area contributed by atoms with Crippen LogP contribution in [0.15, 0.2) is 0 Å². The van der Waals surface area contributed by atoms with Crippen LogP contribution < -0.4 is 9.47 Å². The summed E-state index contributed by atoms with van der Waals surface area (Å²) in [6, 6.07) is 0.293. The zero-order chi connectivity index (χ0) is 13.5. The summed E-state index contributed by atoms with van der Waals surface area (Å²) >= 11 is 5.77. The quantitative estimate of drug-likeness (QED) is 0.759. The summed E-state index contributed by atoms with van der Waals surface area (Å²) < 4.78 is 16.0. The zero-order valence-electron chi connectivity index (χ0n) is 11.0. The molecule has 0 aliphatic carbocycles. The molecule has 0 amide bonds. The minimum absolute atomic E-state index is 0.0410. The van der Waals surface area contributed by atoms with Crippen LogP contribution in [0.1, 0.15) is 27.7 Å².